The zero-order valence-electron chi connectivity index (χ0n) is 10.2. The second-order valence-electron chi connectivity index (χ2n) is 4.30. The van der Waals surface area contributed by atoms with Crippen molar-refractivity contribution in [2.75, 3.05) is 26.2 Å². The lowest BCUT2D eigenvalue weighted by Gasteiger charge is -2.27. The zero-order chi connectivity index (χ0) is 13.1. The van der Waals surface area contributed by atoms with Gasteiger partial charge in [0.05, 0.1) is 4.92 Å². The van der Waals surface area contributed by atoms with Gasteiger partial charge in [-0.15, -0.1) is 0 Å². The Kier molecular flexibility index (Phi) is 3.57. The number of piperazine rings is 1. The summed E-state index contributed by atoms with van der Waals surface area (Å²) in [4.78, 5) is 24.2. The maximum absolute atomic E-state index is 12.2. The standard InChI is InChI=1S/C12H15N3O3/c1-9-8-10(15(17)18)2-3-11(9)12(16)14-6-4-13-5-7-14/h2-3,8,13H,4-7H2,1H3. The molecule has 1 aromatic carbocycles. The summed E-state index contributed by atoms with van der Waals surface area (Å²) in [5, 5.41) is 13.8. The van der Waals surface area contributed by atoms with Gasteiger partial charge in [-0.1, -0.05) is 0 Å². The molecule has 1 amide bonds. The van der Waals surface area contributed by atoms with Crippen molar-refractivity contribution in [3.8, 4) is 0 Å². The van der Waals surface area contributed by atoms with E-state index in [1.54, 1.807) is 11.8 Å². The molecule has 1 N–H and O–H groups in total. The van der Waals surface area contributed by atoms with E-state index in [9.17, 15) is 14.9 Å². The summed E-state index contributed by atoms with van der Waals surface area (Å²) in [6.45, 7) is 4.66. The summed E-state index contributed by atoms with van der Waals surface area (Å²) in [6, 6.07) is 4.36. The molecular formula is C12H15N3O3. The summed E-state index contributed by atoms with van der Waals surface area (Å²) in [6.07, 6.45) is 0. The van der Waals surface area contributed by atoms with Crippen molar-refractivity contribution in [2.45, 2.75) is 6.92 Å². The van der Waals surface area contributed by atoms with Gasteiger partial charge in [0.2, 0.25) is 0 Å². The number of nitro groups is 1. The number of nitrogens with one attached hydrogen (secondary N) is 1. The smallest absolute Gasteiger partial charge is 0.269 e. The van der Waals surface area contributed by atoms with E-state index < -0.39 is 4.92 Å². The fraction of sp³-hybridized carbons (Fsp3) is 0.417. The normalized spacial score (nSPS) is 15.5. The van der Waals surface area contributed by atoms with Gasteiger partial charge >= 0.3 is 0 Å². The molecule has 1 heterocycles. The van der Waals surface area contributed by atoms with E-state index >= 15 is 0 Å². The van der Waals surface area contributed by atoms with E-state index in [0.717, 1.165) is 13.1 Å². The van der Waals surface area contributed by atoms with E-state index in [0.29, 0.717) is 24.2 Å². The summed E-state index contributed by atoms with van der Waals surface area (Å²) < 4.78 is 0. The summed E-state index contributed by atoms with van der Waals surface area (Å²) in [7, 11) is 0. The van der Waals surface area contributed by atoms with E-state index in [4.69, 9.17) is 0 Å². The zero-order valence-corrected chi connectivity index (χ0v) is 10.2. The Morgan fingerprint density at radius 1 is 1.39 bits per heavy atom. The van der Waals surface area contributed by atoms with Crippen LogP contribution in [0.1, 0.15) is 15.9 Å². The highest BCUT2D eigenvalue weighted by Gasteiger charge is 2.20. The van der Waals surface area contributed by atoms with Crippen molar-refractivity contribution in [1.82, 2.24) is 10.2 Å². The highest BCUT2D eigenvalue weighted by atomic mass is 16.6. The first-order chi connectivity index (χ1) is 8.59. The molecule has 6 heteroatoms. The number of aryl methyl sites for hydroxylation is 1. The lowest BCUT2D eigenvalue weighted by Crippen LogP contribution is -2.46. The third-order valence-corrected chi connectivity index (χ3v) is 3.06. The van der Waals surface area contributed by atoms with Crippen LogP contribution in [0.15, 0.2) is 18.2 Å². The number of nitro benzene ring substituents is 1. The van der Waals surface area contributed by atoms with Gasteiger partial charge in [0, 0.05) is 43.9 Å². The van der Waals surface area contributed by atoms with Crippen LogP contribution in [0.2, 0.25) is 0 Å². The van der Waals surface area contributed by atoms with Crippen LogP contribution < -0.4 is 5.32 Å². The van der Waals surface area contributed by atoms with Crippen LogP contribution in [0, 0.1) is 17.0 Å². The summed E-state index contributed by atoms with van der Waals surface area (Å²) >= 11 is 0. The molecule has 6 nitrogen and oxygen atoms in total. The SMILES string of the molecule is Cc1cc([N+](=O)[O-])ccc1C(=O)N1CCNCC1. The number of nitrogens with zero attached hydrogens (tertiary/aromatic N) is 2. The van der Waals surface area contributed by atoms with E-state index in [1.807, 2.05) is 0 Å². The maximum Gasteiger partial charge on any atom is 0.269 e. The minimum atomic E-state index is -0.452. The predicted molar refractivity (Wildman–Crippen MR) is 66.6 cm³/mol. The predicted octanol–water partition coefficient (Wildman–Crippen LogP) is 0.949. The topological polar surface area (TPSA) is 75.5 Å². The molecule has 1 aromatic rings. The Morgan fingerprint density at radius 3 is 2.61 bits per heavy atom. The first-order valence-electron chi connectivity index (χ1n) is 5.84. The van der Waals surface area contributed by atoms with Gasteiger partial charge < -0.3 is 10.2 Å². The first-order valence-corrected chi connectivity index (χ1v) is 5.84. The molecule has 1 saturated heterocycles. The molecule has 0 aliphatic carbocycles. The van der Waals surface area contributed by atoms with Gasteiger partial charge in [0.15, 0.2) is 0 Å². The molecule has 0 spiro atoms. The molecule has 0 radical (unpaired) electrons. The number of rotatable bonds is 2. The molecule has 0 unspecified atom stereocenters. The van der Waals surface area contributed by atoms with Crippen LogP contribution in [-0.4, -0.2) is 41.9 Å². The van der Waals surface area contributed by atoms with Gasteiger partial charge in [-0.3, -0.25) is 14.9 Å². The van der Waals surface area contributed by atoms with Crippen molar-refractivity contribution in [3.05, 3.63) is 39.4 Å². The molecule has 0 aromatic heterocycles. The highest BCUT2D eigenvalue weighted by Crippen LogP contribution is 2.18. The molecule has 1 aliphatic rings. The van der Waals surface area contributed by atoms with Crippen molar-refractivity contribution in [1.29, 1.82) is 0 Å². The largest absolute Gasteiger partial charge is 0.336 e. The van der Waals surface area contributed by atoms with Gasteiger partial charge in [0.25, 0.3) is 11.6 Å². The third-order valence-electron chi connectivity index (χ3n) is 3.06. The van der Waals surface area contributed by atoms with Crippen LogP contribution in [0.3, 0.4) is 0 Å². The molecule has 2 rings (SSSR count). The van der Waals surface area contributed by atoms with Crippen molar-refractivity contribution >= 4 is 11.6 Å². The highest BCUT2D eigenvalue weighted by molar-refractivity contribution is 5.96. The van der Waals surface area contributed by atoms with Crippen LogP contribution in [-0.2, 0) is 0 Å². The average molecular weight is 249 g/mol. The number of benzene rings is 1. The first kappa shape index (κ1) is 12.5. The number of carbonyl (C=O) groups is 1. The van der Waals surface area contributed by atoms with E-state index in [-0.39, 0.29) is 11.6 Å². The minimum Gasteiger partial charge on any atom is -0.336 e. The monoisotopic (exact) mass is 249 g/mol. The van der Waals surface area contributed by atoms with Gasteiger partial charge in [-0.2, -0.15) is 0 Å². The Hall–Kier alpha value is -1.95. The quantitative estimate of drug-likeness (QED) is 0.625. The Balaban J connectivity index is 2.22. The second-order valence-corrected chi connectivity index (χ2v) is 4.30. The number of hydrogen-bond donors (Lipinski definition) is 1. The van der Waals surface area contributed by atoms with Gasteiger partial charge in [-0.25, -0.2) is 0 Å². The maximum atomic E-state index is 12.2. The number of carbonyl (C=O) groups excluding carboxylic acids is 1. The Bertz CT molecular complexity index is 481. The number of amides is 1. The molecule has 0 atom stereocenters. The molecule has 0 bridgehead atoms. The van der Waals surface area contributed by atoms with Crippen molar-refractivity contribution < 1.29 is 9.72 Å². The van der Waals surface area contributed by atoms with Gasteiger partial charge in [-0.05, 0) is 18.6 Å². The van der Waals surface area contributed by atoms with Crippen LogP contribution in [0.25, 0.3) is 0 Å². The molecule has 18 heavy (non-hydrogen) atoms. The third kappa shape index (κ3) is 2.48. The molecule has 0 saturated carbocycles. The molecule has 96 valence electrons. The fourth-order valence-corrected chi connectivity index (χ4v) is 2.04. The molecular weight excluding hydrogens is 234 g/mol. The Morgan fingerprint density at radius 2 is 2.06 bits per heavy atom. The van der Waals surface area contributed by atoms with E-state index in [2.05, 4.69) is 5.32 Å². The minimum absolute atomic E-state index is 0.0179. The second kappa shape index (κ2) is 5.14. The van der Waals surface area contributed by atoms with Crippen LogP contribution >= 0.6 is 0 Å². The number of hydrogen-bond acceptors (Lipinski definition) is 4. The average Bonchev–Trinajstić information content (AvgIpc) is 2.38. The van der Waals surface area contributed by atoms with Crippen LogP contribution in [0.4, 0.5) is 5.69 Å². The molecule has 1 aliphatic heterocycles. The van der Waals surface area contributed by atoms with Gasteiger partial charge in [0.1, 0.15) is 0 Å². The lowest BCUT2D eigenvalue weighted by atomic mass is 10.1. The van der Waals surface area contributed by atoms with Crippen molar-refractivity contribution in [2.24, 2.45) is 0 Å². The molecule has 1 fully saturated rings. The number of non-ortho nitro benzene ring substituents is 1. The Labute approximate surface area is 105 Å². The van der Waals surface area contributed by atoms with Crippen LogP contribution in [0.5, 0.6) is 0 Å². The van der Waals surface area contributed by atoms with Crippen molar-refractivity contribution in [3.63, 3.8) is 0 Å². The fourth-order valence-electron chi connectivity index (χ4n) is 2.04. The summed E-state index contributed by atoms with van der Waals surface area (Å²) in [5.41, 5.74) is 1.21. The summed E-state index contributed by atoms with van der Waals surface area (Å²) in [5.74, 6) is -0.0519. The lowest BCUT2D eigenvalue weighted by molar-refractivity contribution is -0.384. The van der Waals surface area contributed by atoms with E-state index in [1.165, 1.54) is 18.2 Å².